The van der Waals surface area contributed by atoms with Crippen LogP contribution in [-0.2, 0) is 28.1 Å². The lowest BCUT2D eigenvalue weighted by molar-refractivity contribution is -0.152. The van der Waals surface area contributed by atoms with Crippen molar-refractivity contribution >= 4 is 71.0 Å². The molecular weight excluding hydrogens is 816 g/mol. The number of carbonyl (C=O) groups excluding carboxylic acids is 1. The first kappa shape index (κ1) is 40.5. The Bertz CT molecular complexity index is 2670. The predicted molar refractivity (Wildman–Crippen MR) is 215 cm³/mol. The number of alkyl halides is 3. The smallest absolute Gasteiger partial charge is 0.408 e. The van der Waals surface area contributed by atoms with Crippen LogP contribution >= 0.6 is 22.9 Å². The molecule has 0 aliphatic carbocycles. The second kappa shape index (κ2) is 16.1. The van der Waals surface area contributed by atoms with E-state index in [4.69, 9.17) is 35.0 Å². The van der Waals surface area contributed by atoms with E-state index in [1.54, 1.807) is 44.2 Å². The number of fused-ring (bicyclic) bond motifs is 8. The summed E-state index contributed by atoms with van der Waals surface area (Å²) >= 11 is 8.36. The summed E-state index contributed by atoms with van der Waals surface area (Å²) in [4.78, 5) is 27.9. The van der Waals surface area contributed by atoms with E-state index in [1.165, 1.54) is 43.1 Å². The van der Waals surface area contributed by atoms with Crippen molar-refractivity contribution in [2.45, 2.75) is 44.7 Å². The molecule has 1 unspecified atom stereocenters. The fourth-order valence-corrected chi connectivity index (χ4v) is 9.01. The summed E-state index contributed by atoms with van der Waals surface area (Å²) < 4.78 is 85.9. The Morgan fingerprint density at radius 2 is 1.76 bits per heavy atom. The summed E-state index contributed by atoms with van der Waals surface area (Å²) in [5.41, 5.74) is -0.241. The largest absolute Gasteiger partial charge is 0.491 e. The minimum atomic E-state index is -4.48. The van der Waals surface area contributed by atoms with Gasteiger partial charge >= 0.3 is 12.1 Å². The number of carbonyl (C=O) groups is 1. The lowest BCUT2D eigenvalue weighted by Gasteiger charge is -2.33. The quantitative estimate of drug-likeness (QED) is 0.0823. The van der Waals surface area contributed by atoms with Crippen LogP contribution in [0, 0.1) is 6.01 Å². The van der Waals surface area contributed by atoms with Crippen LogP contribution < -0.4 is 14.2 Å². The Morgan fingerprint density at radius 1 is 0.983 bits per heavy atom. The maximum absolute atomic E-state index is 15.0. The van der Waals surface area contributed by atoms with Crippen molar-refractivity contribution in [3.05, 3.63) is 83.3 Å². The number of para-hydroxylation sites is 1. The van der Waals surface area contributed by atoms with Gasteiger partial charge in [-0.1, -0.05) is 43.6 Å². The van der Waals surface area contributed by atoms with E-state index in [-0.39, 0.29) is 28.8 Å². The third-order valence-electron chi connectivity index (χ3n) is 10.7. The molecule has 0 amide bonds. The van der Waals surface area contributed by atoms with Gasteiger partial charge < -0.3 is 28.3 Å². The summed E-state index contributed by atoms with van der Waals surface area (Å²) in [7, 11) is 3.33. The van der Waals surface area contributed by atoms with Crippen LogP contribution in [-0.4, -0.2) is 101 Å². The molecule has 1 aliphatic rings. The number of nitrogens with zero attached hydrogens (tertiary/aromatic N) is 6. The van der Waals surface area contributed by atoms with E-state index in [2.05, 4.69) is 31.9 Å². The third-order valence-corrected chi connectivity index (χ3v) is 12.1. The van der Waals surface area contributed by atoms with Gasteiger partial charge in [-0.05, 0) is 36.7 Å². The number of halogens is 5. The zero-order chi connectivity index (χ0) is 41.6. The van der Waals surface area contributed by atoms with Crippen molar-refractivity contribution in [2.24, 2.45) is 0 Å². The van der Waals surface area contributed by atoms with Gasteiger partial charge in [-0.15, -0.1) is 11.3 Å². The van der Waals surface area contributed by atoms with Gasteiger partial charge in [-0.25, -0.2) is 14.8 Å². The number of esters is 1. The van der Waals surface area contributed by atoms with E-state index >= 15 is 4.39 Å². The van der Waals surface area contributed by atoms with Crippen LogP contribution in [0.5, 0.6) is 17.4 Å². The fourth-order valence-electron chi connectivity index (χ4n) is 7.55. The third kappa shape index (κ3) is 7.95. The monoisotopic (exact) mass is 854 g/mol. The highest BCUT2D eigenvalue weighted by Gasteiger charge is 2.43. The number of aromatic nitrogens is 4. The van der Waals surface area contributed by atoms with E-state index < -0.39 is 36.2 Å². The molecule has 0 spiro atoms. The molecule has 7 aromatic rings. The second-order valence-corrected chi connectivity index (χ2v) is 16.3. The SMILES string of the molecule is COC(=O)C(Oc1ncnc2sc3c4oc(F)cc4c4c(Cl)c(OCCN5CCN(C)CC5)ccc4c3c12)C(C)(C)c1ccccc1OCc1ccnn1CC(F)(F)F. The number of methoxy groups -OCH3 is 1. The van der Waals surface area contributed by atoms with E-state index in [0.29, 0.717) is 66.7 Å². The molecule has 1 atom stereocenters. The minimum Gasteiger partial charge on any atom is -0.491 e. The van der Waals surface area contributed by atoms with Crippen molar-refractivity contribution in [3.8, 4) is 17.4 Å². The van der Waals surface area contributed by atoms with Crippen LogP contribution in [0.1, 0.15) is 25.1 Å². The zero-order valence-corrected chi connectivity index (χ0v) is 34.0. The molecule has 8 rings (SSSR count). The molecule has 18 heteroatoms. The molecule has 0 N–H and O–H groups in total. The van der Waals surface area contributed by atoms with Crippen LogP contribution in [0.2, 0.25) is 5.02 Å². The molecule has 310 valence electrons. The van der Waals surface area contributed by atoms with Gasteiger partial charge in [0.25, 0.3) is 6.01 Å². The van der Waals surface area contributed by atoms with Crippen LogP contribution in [0.15, 0.2) is 65.5 Å². The topological polar surface area (TPSA) is 117 Å². The van der Waals surface area contributed by atoms with Gasteiger partial charge in [-0.3, -0.25) is 9.58 Å². The molecule has 59 heavy (non-hydrogen) atoms. The molecular formula is C41H39ClF4N6O6S. The number of thiophene rings is 1. The van der Waals surface area contributed by atoms with Crippen molar-refractivity contribution in [3.63, 3.8) is 0 Å². The number of benzene rings is 3. The van der Waals surface area contributed by atoms with Crippen LogP contribution in [0.4, 0.5) is 17.6 Å². The minimum absolute atomic E-state index is 0.0375. The van der Waals surface area contributed by atoms with Gasteiger partial charge in [0.2, 0.25) is 12.0 Å². The number of hydrogen-bond acceptors (Lipinski definition) is 12. The van der Waals surface area contributed by atoms with E-state index in [1.807, 2.05) is 6.07 Å². The molecule has 1 aliphatic heterocycles. The Hall–Kier alpha value is -5.23. The molecule has 4 aromatic heterocycles. The molecule has 3 aromatic carbocycles. The summed E-state index contributed by atoms with van der Waals surface area (Å²) in [6, 6.07) is 12.4. The average molecular weight is 855 g/mol. The lowest BCUT2D eigenvalue weighted by atomic mass is 9.78. The second-order valence-electron chi connectivity index (χ2n) is 14.9. The lowest BCUT2D eigenvalue weighted by Crippen LogP contribution is -2.45. The number of ether oxygens (including phenoxy) is 4. The Morgan fingerprint density at radius 3 is 2.53 bits per heavy atom. The first-order valence-electron chi connectivity index (χ1n) is 18.7. The molecule has 1 saturated heterocycles. The number of rotatable bonds is 13. The Kier molecular flexibility index (Phi) is 11.1. The van der Waals surface area contributed by atoms with Gasteiger partial charge in [0.15, 0.2) is 5.58 Å². The molecule has 1 fully saturated rings. The van der Waals surface area contributed by atoms with Crippen LogP contribution in [0.25, 0.3) is 42.0 Å². The van der Waals surface area contributed by atoms with Crippen molar-refractivity contribution in [1.82, 2.24) is 29.5 Å². The highest BCUT2D eigenvalue weighted by molar-refractivity contribution is 7.26. The molecule has 0 saturated carbocycles. The highest BCUT2D eigenvalue weighted by atomic mass is 35.5. The highest BCUT2D eigenvalue weighted by Crippen LogP contribution is 2.50. The number of hydrogen-bond donors (Lipinski definition) is 0. The maximum atomic E-state index is 15.0. The number of piperazine rings is 1. The first-order valence-corrected chi connectivity index (χ1v) is 19.9. The van der Waals surface area contributed by atoms with Crippen LogP contribution in [0.3, 0.4) is 0 Å². The number of furan rings is 1. The van der Waals surface area contributed by atoms with Crippen molar-refractivity contribution in [2.75, 3.05) is 53.5 Å². The molecule has 0 radical (unpaired) electrons. The van der Waals surface area contributed by atoms with Gasteiger partial charge in [0.1, 0.15) is 42.4 Å². The molecule has 0 bridgehead atoms. The first-order chi connectivity index (χ1) is 28.2. The van der Waals surface area contributed by atoms with Gasteiger partial charge in [0.05, 0.1) is 27.9 Å². The molecule has 5 heterocycles. The summed E-state index contributed by atoms with van der Waals surface area (Å²) in [5.74, 6) is 0.0330. The van der Waals surface area contributed by atoms with E-state index in [9.17, 15) is 18.0 Å². The van der Waals surface area contributed by atoms with Gasteiger partial charge in [-0.2, -0.15) is 22.7 Å². The normalized spacial score (nSPS) is 15.1. The predicted octanol–water partition coefficient (Wildman–Crippen LogP) is 8.40. The standard InChI is InChI=1S/C41H39ClF4N6O6S/c1-40(2,26-7-5-6-8-27(26)56-20-23-11-12-49-52(23)21-41(44,45)46)36(39(53)54-4)58-37-32-31-24-9-10-28(55-18-17-51-15-13-50(3)14-16-51)33(42)30(24)25-19-29(43)57-34(25)35(31)59-38(32)48-22-47-37/h5-12,19,22,36H,13-18,20-21H2,1-4H3. The van der Waals surface area contributed by atoms with Gasteiger partial charge in [0, 0.05) is 72.1 Å². The summed E-state index contributed by atoms with van der Waals surface area (Å²) in [6.07, 6.45) is -3.25. The van der Waals surface area contributed by atoms with Crippen molar-refractivity contribution < 1.29 is 45.7 Å². The Labute approximate surface area is 344 Å². The van der Waals surface area contributed by atoms with E-state index in [0.717, 1.165) is 30.9 Å². The number of likely N-dealkylation sites (N-methyl/N-ethyl adjacent to an activating group) is 1. The molecule has 12 nitrogen and oxygen atoms in total. The van der Waals surface area contributed by atoms with Crippen molar-refractivity contribution in [1.29, 1.82) is 0 Å². The summed E-state index contributed by atoms with van der Waals surface area (Å²) in [5, 5.41) is 6.66. The Balaban J connectivity index is 1.17. The maximum Gasteiger partial charge on any atom is 0.408 e. The zero-order valence-electron chi connectivity index (χ0n) is 32.4. The summed E-state index contributed by atoms with van der Waals surface area (Å²) in [6.45, 7) is 6.94. The fraction of sp³-hybridized carbons (Fsp3) is 0.366. The average Bonchev–Trinajstić information content (AvgIpc) is 3.93.